The molecule has 0 saturated carbocycles. The first kappa shape index (κ1) is 17.1. The van der Waals surface area contributed by atoms with Gasteiger partial charge in [0.05, 0.1) is 6.61 Å². The number of hydrogen-bond donors (Lipinski definition) is 0. The summed E-state index contributed by atoms with van der Waals surface area (Å²) >= 11 is 0. The van der Waals surface area contributed by atoms with Crippen LogP contribution < -0.4 is 0 Å². The minimum absolute atomic E-state index is 0.0119. The molecule has 0 spiro atoms. The average Bonchev–Trinajstić information content (AvgIpc) is 2.62. The van der Waals surface area contributed by atoms with Gasteiger partial charge < -0.3 is 28.4 Å². The Labute approximate surface area is 128 Å². The molecule has 0 radical (unpaired) electrons. The summed E-state index contributed by atoms with van der Waals surface area (Å²) in [5.41, 5.74) is 0. The van der Waals surface area contributed by atoms with Gasteiger partial charge in [0.25, 0.3) is 0 Å². The van der Waals surface area contributed by atoms with Gasteiger partial charge in [-0.3, -0.25) is 9.59 Å². The first-order chi connectivity index (χ1) is 10.2. The number of esters is 2. The Hall–Kier alpha value is -1.22. The number of methoxy groups -OCH3 is 1. The lowest BCUT2D eigenvalue weighted by molar-refractivity contribution is -0.213. The Morgan fingerprint density at radius 2 is 1.68 bits per heavy atom. The van der Waals surface area contributed by atoms with Crippen LogP contribution in [0.3, 0.4) is 0 Å². The van der Waals surface area contributed by atoms with Crippen molar-refractivity contribution in [1.29, 1.82) is 0 Å². The molecule has 2 fully saturated rings. The lowest BCUT2D eigenvalue weighted by atomic mass is 10.0. The molecule has 8 nitrogen and oxygen atoms in total. The summed E-state index contributed by atoms with van der Waals surface area (Å²) in [7, 11) is 1.46. The molecule has 8 heteroatoms. The highest BCUT2D eigenvalue weighted by molar-refractivity contribution is 5.67. The maximum atomic E-state index is 11.4. The number of rotatable bonds is 3. The Bertz CT molecular complexity index is 435. The lowest BCUT2D eigenvalue weighted by Crippen LogP contribution is -2.50. The van der Waals surface area contributed by atoms with Gasteiger partial charge in [0.15, 0.2) is 24.3 Å². The van der Waals surface area contributed by atoms with E-state index in [1.165, 1.54) is 21.0 Å². The lowest BCUT2D eigenvalue weighted by Gasteiger charge is -2.31. The minimum atomic E-state index is -0.848. The molecule has 2 aliphatic rings. The van der Waals surface area contributed by atoms with Crippen molar-refractivity contribution in [2.75, 3.05) is 13.7 Å². The van der Waals surface area contributed by atoms with Gasteiger partial charge in [-0.25, -0.2) is 0 Å². The molecular weight excluding hydrogens is 296 g/mol. The Morgan fingerprint density at radius 1 is 1.05 bits per heavy atom. The van der Waals surface area contributed by atoms with Crippen LogP contribution in [0.5, 0.6) is 0 Å². The molecule has 5 unspecified atom stereocenters. The van der Waals surface area contributed by atoms with Crippen molar-refractivity contribution in [3.8, 4) is 0 Å². The summed E-state index contributed by atoms with van der Waals surface area (Å²) in [5, 5.41) is 0. The number of ether oxygens (including phenoxy) is 6. The molecule has 0 amide bonds. The normalized spacial score (nSPS) is 37.0. The first-order valence-corrected chi connectivity index (χ1v) is 7.08. The molecule has 2 saturated heterocycles. The van der Waals surface area contributed by atoms with E-state index in [0.29, 0.717) is 0 Å². The second-order valence-electron chi connectivity index (χ2n) is 5.72. The summed E-state index contributed by atoms with van der Waals surface area (Å²) in [4.78, 5) is 22.7. The molecule has 22 heavy (non-hydrogen) atoms. The zero-order valence-electron chi connectivity index (χ0n) is 13.4. The van der Waals surface area contributed by atoms with E-state index in [9.17, 15) is 9.59 Å². The van der Waals surface area contributed by atoms with Gasteiger partial charge in [0.2, 0.25) is 0 Å². The second kappa shape index (κ2) is 6.49. The Morgan fingerprint density at radius 3 is 2.23 bits per heavy atom. The number of carbonyl (C=O) groups is 2. The van der Waals surface area contributed by atoms with Crippen LogP contribution in [0, 0.1) is 0 Å². The molecule has 0 aromatic rings. The molecule has 0 aromatic carbocycles. The zero-order chi connectivity index (χ0) is 16.5. The quantitative estimate of drug-likeness (QED) is 0.690. The summed E-state index contributed by atoms with van der Waals surface area (Å²) in [6.45, 7) is 6.06. The maximum Gasteiger partial charge on any atom is 0.303 e. The van der Waals surface area contributed by atoms with Crippen LogP contribution in [0.15, 0.2) is 0 Å². The van der Waals surface area contributed by atoms with Crippen molar-refractivity contribution < 1.29 is 38.0 Å². The summed E-state index contributed by atoms with van der Waals surface area (Å²) in [6, 6.07) is 0. The zero-order valence-corrected chi connectivity index (χ0v) is 13.4. The topological polar surface area (TPSA) is 89.5 Å². The van der Waals surface area contributed by atoms with Crippen LogP contribution >= 0.6 is 0 Å². The van der Waals surface area contributed by atoms with Crippen LogP contribution in [0.2, 0.25) is 0 Å². The van der Waals surface area contributed by atoms with E-state index >= 15 is 0 Å². The molecule has 0 aliphatic carbocycles. The summed E-state index contributed by atoms with van der Waals surface area (Å²) in [5.74, 6) is -1.86. The van der Waals surface area contributed by atoms with Crippen LogP contribution in [-0.4, -0.2) is 62.1 Å². The SMILES string of the molecule is COC1C(OC(C)=O)C(OC(C)=O)COC2OC(C)(C)OC21. The van der Waals surface area contributed by atoms with E-state index in [4.69, 9.17) is 28.4 Å². The molecule has 126 valence electrons. The third-order valence-electron chi connectivity index (χ3n) is 3.42. The number of hydrogen-bond acceptors (Lipinski definition) is 8. The van der Waals surface area contributed by atoms with Crippen molar-refractivity contribution in [3.63, 3.8) is 0 Å². The molecular formula is C14H22O8. The number of carbonyl (C=O) groups excluding carboxylic acids is 2. The fourth-order valence-electron chi connectivity index (χ4n) is 2.71. The van der Waals surface area contributed by atoms with Gasteiger partial charge in [0.1, 0.15) is 12.2 Å². The summed E-state index contributed by atoms with van der Waals surface area (Å²) in [6.07, 6.45) is -3.64. The fraction of sp³-hybridized carbons (Fsp3) is 0.857. The Kier molecular flexibility index (Phi) is 5.06. The van der Waals surface area contributed by atoms with Crippen LogP contribution in [0.1, 0.15) is 27.7 Å². The summed E-state index contributed by atoms with van der Waals surface area (Å²) < 4.78 is 33.0. The third-order valence-corrected chi connectivity index (χ3v) is 3.42. The largest absolute Gasteiger partial charge is 0.456 e. The van der Waals surface area contributed by atoms with Crippen molar-refractivity contribution >= 4 is 11.9 Å². The van der Waals surface area contributed by atoms with Crippen molar-refractivity contribution in [1.82, 2.24) is 0 Å². The van der Waals surface area contributed by atoms with E-state index in [1.54, 1.807) is 13.8 Å². The van der Waals surface area contributed by atoms with Gasteiger partial charge >= 0.3 is 11.9 Å². The highest BCUT2D eigenvalue weighted by Crippen LogP contribution is 2.36. The predicted molar refractivity (Wildman–Crippen MR) is 71.7 cm³/mol. The van der Waals surface area contributed by atoms with Gasteiger partial charge in [-0.2, -0.15) is 0 Å². The number of fused-ring (bicyclic) bond motifs is 1. The molecule has 0 bridgehead atoms. The van der Waals surface area contributed by atoms with Gasteiger partial charge in [0, 0.05) is 21.0 Å². The fourth-order valence-corrected chi connectivity index (χ4v) is 2.71. The van der Waals surface area contributed by atoms with E-state index in [1.807, 2.05) is 0 Å². The highest BCUT2D eigenvalue weighted by Gasteiger charge is 2.54. The highest BCUT2D eigenvalue weighted by atomic mass is 16.8. The molecule has 5 atom stereocenters. The van der Waals surface area contributed by atoms with Gasteiger partial charge in [-0.1, -0.05) is 0 Å². The van der Waals surface area contributed by atoms with E-state index < -0.39 is 48.4 Å². The van der Waals surface area contributed by atoms with Crippen LogP contribution in [0.4, 0.5) is 0 Å². The first-order valence-electron chi connectivity index (χ1n) is 7.08. The molecule has 0 N–H and O–H groups in total. The van der Waals surface area contributed by atoms with Crippen molar-refractivity contribution in [2.45, 2.75) is 64.2 Å². The van der Waals surface area contributed by atoms with Crippen molar-refractivity contribution in [2.24, 2.45) is 0 Å². The molecule has 0 aromatic heterocycles. The van der Waals surface area contributed by atoms with E-state index in [0.717, 1.165) is 0 Å². The molecule has 2 heterocycles. The van der Waals surface area contributed by atoms with E-state index in [2.05, 4.69) is 0 Å². The second-order valence-corrected chi connectivity index (χ2v) is 5.72. The molecule has 2 rings (SSSR count). The standard InChI is InChI=1S/C14H22O8/c1-7(15)19-9-6-18-13-12(21-14(3,4)22-13)11(17-5)10(9)20-8(2)16/h9-13H,6H2,1-5H3. The van der Waals surface area contributed by atoms with E-state index in [-0.39, 0.29) is 6.61 Å². The minimum Gasteiger partial charge on any atom is -0.456 e. The third kappa shape index (κ3) is 3.75. The monoisotopic (exact) mass is 318 g/mol. The smallest absolute Gasteiger partial charge is 0.303 e. The van der Waals surface area contributed by atoms with Gasteiger partial charge in [-0.15, -0.1) is 0 Å². The Balaban J connectivity index is 2.27. The maximum absolute atomic E-state index is 11.4. The molecule has 2 aliphatic heterocycles. The average molecular weight is 318 g/mol. The van der Waals surface area contributed by atoms with Crippen LogP contribution in [-0.2, 0) is 38.0 Å². The predicted octanol–water partition coefficient (Wildman–Crippen LogP) is 0.373. The van der Waals surface area contributed by atoms with Gasteiger partial charge in [-0.05, 0) is 13.8 Å². The van der Waals surface area contributed by atoms with Crippen molar-refractivity contribution in [3.05, 3.63) is 0 Å². The van der Waals surface area contributed by atoms with Crippen LogP contribution in [0.25, 0.3) is 0 Å².